The summed E-state index contributed by atoms with van der Waals surface area (Å²) in [5.74, 6) is 0. The van der Waals surface area contributed by atoms with Gasteiger partial charge < -0.3 is 5.73 Å². The first-order valence-corrected chi connectivity index (χ1v) is 7.21. The lowest BCUT2D eigenvalue weighted by molar-refractivity contribution is 0.463. The van der Waals surface area contributed by atoms with Gasteiger partial charge in [-0.2, -0.15) is 0 Å². The van der Waals surface area contributed by atoms with Gasteiger partial charge in [0.05, 0.1) is 4.90 Å². The van der Waals surface area contributed by atoms with Crippen LogP contribution in [0.4, 0.5) is 0 Å². The summed E-state index contributed by atoms with van der Waals surface area (Å²) in [5.41, 5.74) is 6.51. The summed E-state index contributed by atoms with van der Waals surface area (Å²) in [6, 6.07) is 7.02. The van der Waals surface area contributed by atoms with E-state index in [9.17, 15) is 8.42 Å². The Hall–Kier alpha value is -0.910. The van der Waals surface area contributed by atoms with E-state index in [4.69, 9.17) is 5.73 Å². The van der Waals surface area contributed by atoms with Gasteiger partial charge in [0.2, 0.25) is 10.0 Å². The highest BCUT2D eigenvalue weighted by Gasteiger charge is 2.19. The molecule has 2 N–H and O–H groups in total. The normalized spacial score (nSPS) is 12.0. The van der Waals surface area contributed by atoms with Crippen molar-refractivity contribution in [1.29, 1.82) is 0 Å². The van der Waals surface area contributed by atoms with Gasteiger partial charge in [-0.25, -0.2) is 12.7 Å². The molecule has 4 nitrogen and oxygen atoms in total. The Morgan fingerprint density at radius 2 is 1.82 bits per heavy atom. The van der Waals surface area contributed by atoms with E-state index in [1.54, 1.807) is 19.2 Å². The standard InChI is InChI=1S/C12H20N2O2S/c1-3-11-5-7-12(8-6-11)17(15,16)14(2)10-4-9-13/h5-8H,3-4,9-10,13H2,1-2H3. The Morgan fingerprint density at radius 1 is 1.24 bits per heavy atom. The van der Waals surface area contributed by atoms with Crippen LogP contribution in [0.2, 0.25) is 0 Å². The van der Waals surface area contributed by atoms with Gasteiger partial charge in [-0.15, -0.1) is 0 Å². The second-order valence-electron chi connectivity index (χ2n) is 3.97. The van der Waals surface area contributed by atoms with Crippen molar-refractivity contribution < 1.29 is 8.42 Å². The highest BCUT2D eigenvalue weighted by atomic mass is 32.2. The van der Waals surface area contributed by atoms with Crippen molar-refractivity contribution in [2.75, 3.05) is 20.1 Å². The predicted octanol–water partition coefficient (Wildman–Crippen LogP) is 1.22. The molecule has 5 heteroatoms. The average molecular weight is 256 g/mol. The maximum absolute atomic E-state index is 12.1. The molecule has 0 amide bonds. The summed E-state index contributed by atoms with van der Waals surface area (Å²) < 4.78 is 25.6. The van der Waals surface area contributed by atoms with Gasteiger partial charge in [0.15, 0.2) is 0 Å². The Bertz CT molecular complexity index is 440. The van der Waals surface area contributed by atoms with Crippen LogP contribution in [0.5, 0.6) is 0 Å². The van der Waals surface area contributed by atoms with Crippen LogP contribution in [0.25, 0.3) is 0 Å². The third-order valence-corrected chi connectivity index (χ3v) is 4.59. The van der Waals surface area contributed by atoms with E-state index < -0.39 is 10.0 Å². The third-order valence-electron chi connectivity index (χ3n) is 2.72. The number of hydrogen-bond acceptors (Lipinski definition) is 3. The zero-order chi connectivity index (χ0) is 12.9. The Kier molecular flexibility index (Phi) is 5.11. The molecule has 1 aromatic carbocycles. The van der Waals surface area contributed by atoms with Crippen molar-refractivity contribution in [3.05, 3.63) is 29.8 Å². The first kappa shape index (κ1) is 14.2. The lowest BCUT2D eigenvalue weighted by Crippen LogP contribution is -2.29. The second kappa shape index (κ2) is 6.14. The maximum Gasteiger partial charge on any atom is 0.242 e. The molecular formula is C12H20N2O2S. The second-order valence-corrected chi connectivity index (χ2v) is 6.01. The Balaban J connectivity index is 2.88. The molecule has 96 valence electrons. The summed E-state index contributed by atoms with van der Waals surface area (Å²) in [7, 11) is -1.78. The lowest BCUT2D eigenvalue weighted by Gasteiger charge is -2.16. The number of rotatable bonds is 6. The van der Waals surface area contributed by atoms with Crippen molar-refractivity contribution >= 4 is 10.0 Å². The quantitative estimate of drug-likeness (QED) is 0.832. The molecule has 1 rings (SSSR count). The van der Waals surface area contributed by atoms with Crippen LogP contribution in [0.3, 0.4) is 0 Å². The molecule has 1 aromatic rings. The summed E-state index contributed by atoms with van der Waals surface area (Å²) in [5, 5.41) is 0. The third kappa shape index (κ3) is 3.52. The molecule has 0 aliphatic heterocycles. The molecule has 0 unspecified atom stereocenters. The van der Waals surface area contributed by atoms with Crippen molar-refractivity contribution in [2.45, 2.75) is 24.7 Å². The summed E-state index contributed by atoms with van der Waals surface area (Å²) in [6.07, 6.45) is 1.58. The van der Waals surface area contributed by atoms with Crippen LogP contribution < -0.4 is 5.73 Å². The van der Waals surface area contributed by atoms with Crippen molar-refractivity contribution in [1.82, 2.24) is 4.31 Å². The largest absolute Gasteiger partial charge is 0.330 e. The van der Waals surface area contributed by atoms with Gasteiger partial charge in [0.25, 0.3) is 0 Å². The number of sulfonamides is 1. The SMILES string of the molecule is CCc1ccc(S(=O)(=O)N(C)CCCN)cc1. The van der Waals surface area contributed by atoms with Gasteiger partial charge in [-0.3, -0.25) is 0 Å². The molecule has 0 aliphatic rings. The molecule has 0 spiro atoms. The smallest absolute Gasteiger partial charge is 0.242 e. The average Bonchev–Trinajstić information content (AvgIpc) is 2.35. The van der Waals surface area contributed by atoms with Gasteiger partial charge >= 0.3 is 0 Å². The highest BCUT2D eigenvalue weighted by molar-refractivity contribution is 7.89. The van der Waals surface area contributed by atoms with Crippen LogP contribution in [0.1, 0.15) is 18.9 Å². The molecule has 0 aromatic heterocycles. The number of nitrogens with zero attached hydrogens (tertiary/aromatic N) is 1. The topological polar surface area (TPSA) is 63.4 Å². The molecule has 0 bridgehead atoms. The molecule has 0 heterocycles. The molecule has 0 fully saturated rings. The number of nitrogens with two attached hydrogens (primary N) is 1. The molecule has 0 aliphatic carbocycles. The van der Waals surface area contributed by atoms with E-state index in [0.29, 0.717) is 24.4 Å². The first-order chi connectivity index (χ1) is 8.02. The zero-order valence-electron chi connectivity index (χ0n) is 10.4. The number of benzene rings is 1. The van der Waals surface area contributed by atoms with E-state index >= 15 is 0 Å². The Labute approximate surface area is 103 Å². The van der Waals surface area contributed by atoms with E-state index in [-0.39, 0.29) is 0 Å². The molecule has 0 atom stereocenters. The first-order valence-electron chi connectivity index (χ1n) is 5.77. The van der Waals surface area contributed by atoms with Gasteiger partial charge in [0.1, 0.15) is 0 Å². The summed E-state index contributed by atoms with van der Waals surface area (Å²) in [6.45, 7) is 2.99. The van der Waals surface area contributed by atoms with Gasteiger partial charge in [-0.1, -0.05) is 19.1 Å². The summed E-state index contributed by atoms with van der Waals surface area (Å²) >= 11 is 0. The van der Waals surface area contributed by atoms with Crippen LogP contribution in [0, 0.1) is 0 Å². The Morgan fingerprint density at radius 3 is 2.29 bits per heavy atom. The van der Waals surface area contributed by atoms with Crippen LogP contribution >= 0.6 is 0 Å². The fraction of sp³-hybridized carbons (Fsp3) is 0.500. The minimum absolute atomic E-state index is 0.342. The zero-order valence-corrected chi connectivity index (χ0v) is 11.2. The number of hydrogen-bond donors (Lipinski definition) is 1. The van der Waals surface area contributed by atoms with Crippen molar-refractivity contribution in [3.8, 4) is 0 Å². The minimum atomic E-state index is -3.36. The predicted molar refractivity (Wildman–Crippen MR) is 69.3 cm³/mol. The monoisotopic (exact) mass is 256 g/mol. The highest BCUT2D eigenvalue weighted by Crippen LogP contribution is 2.15. The van der Waals surface area contributed by atoms with Crippen molar-refractivity contribution in [2.24, 2.45) is 5.73 Å². The van der Waals surface area contributed by atoms with Crippen molar-refractivity contribution in [3.63, 3.8) is 0 Å². The molecule has 0 saturated heterocycles. The minimum Gasteiger partial charge on any atom is -0.330 e. The lowest BCUT2D eigenvalue weighted by atomic mass is 10.2. The molecule has 17 heavy (non-hydrogen) atoms. The van der Waals surface area contributed by atoms with Gasteiger partial charge in [-0.05, 0) is 37.1 Å². The van der Waals surface area contributed by atoms with E-state index in [2.05, 4.69) is 0 Å². The van der Waals surface area contributed by atoms with Gasteiger partial charge in [0, 0.05) is 13.6 Å². The van der Waals surface area contributed by atoms with E-state index in [1.165, 1.54) is 4.31 Å². The summed E-state index contributed by atoms with van der Waals surface area (Å²) in [4.78, 5) is 0.342. The van der Waals surface area contributed by atoms with Crippen LogP contribution in [-0.4, -0.2) is 32.9 Å². The fourth-order valence-electron chi connectivity index (χ4n) is 1.51. The van der Waals surface area contributed by atoms with Crippen LogP contribution in [-0.2, 0) is 16.4 Å². The maximum atomic E-state index is 12.1. The van der Waals surface area contributed by atoms with Crippen LogP contribution in [0.15, 0.2) is 29.2 Å². The number of aryl methyl sites for hydroxylation is 1. The molecular weight excluding hydrogens is 236 g/mol. The van der Waals surface area contributed by atoms with E-state index in [1.807, 2.05) is 19.1 Å². The molecule has 0 radical (unpaired) electrons. The molecule has 0 saturated carbocycles. The fourth-order valence-corrected chi connectivity index (χ4v) is 2.72. The van der Waals surface area contributed by atoms with E-state index in [0.717, 1.165) is 12.0 Å².